The molecular formula is C26H25F3N2. The molecule has 0 spiro atoms. The molecular weight excluding hydrogens is 397 g/mol. The quantitative estimate of drug-likeness (QED) is 0.440. The molecule has 31 heavy (non-hydrogen) atoms. The maximum Gasteiger partial charge on any atom is 0.416 e. The van der Waals surface area contributed by atoms with Crippen molar-refractivity contribution >= 4 is 10.9 Å². The van der Waals surface area contributed by atoms with E-state index in [1.165, 1.54) is 56.2 Å². The van der Waals surface area contributed by atoms with Crippen molar-refractivity contribution in [2.24, 2.45) is 17.8 Å². The van der Waals surface area contributed by atoms with Crippen LogP contribution in [0.5, 0.6) is 0 Å². The van der Waals surface area contributed by atoms with Crippen LogP contribution in [0.3, 0.4) is 0 Å². The molecule has 2 aromatic carbocycles. The molecule has 4 saturated carbocycles. The molecule has 0 amide bonds. The normalized spacial score (nSPS) is 29.6. The second-order valence-electron chi connectivity index (χ2n) is 10.2. The Balaban J connectivity index is 1.52. The number of alkyl halides is 3. The number of fused-ring (bicyclic) bond motifs is 1. The zero-order valence-corrected chi connectivity index (χ0v) is 17.5. The SMILES string of the molecule is Cc1ccc2nc(-c3ccc(C(F)(F)F)cc3)nc(C34CC5CC(CC(C5)C3)C4)c2c1. The zero-order chi connectivity index (χ0) is 21.4. The summed E-state index contributed by atoms with van der Waals surface area (Å²) in [5.74, 6) is 2.90. The topological polar surface area (TPSA) is 25.8 Å². The summed E-state index contributed by atoms with van der Waals surface area (Å²) in [5.41, 5.74) is 3.29. The molecule has 0 atom stereocenters. The minimum Gasteiger partial charge on any atom is -0.232 e. The molecule has 0 aliphatic heterocycles. The number of rotatable bonds is 2. The van der Waals surface area contributed by atoms with Gasteiger partial charge >= 0.3 is 6.18 Å². The van der Waals surface area contributed by atoms with Crippen molar-refractivity contribution in [3.8, 4) is 11.4 Å². The van der Waals surface area contributed by atoms with Gasteiger partial charge < -0.3 is 0 Å². The van der Waals surface area contributed by atoms with Crippen molar-refractivity contribution in [3.63, 3.8) is 0 Å². The lowest BCUT2D eigenvalue weighted by Gasteiger charge is -2.56. The number of hydrogen-bond donors (Lipinski definition) is 0. The van der Waals surface area contributed by atoms with Gasteiger partial charge in [-0.25, -0.2) is 9.97 Å². The van der Waals surface area contributed by atoms with Gasteiger partial charge in [-0.2, -0.15) is 13.2 Å². The standard InChI is InChI=1S/C26H25F3N2/c1-15-2-7-22-21(8-15)23(25-12-16-9-17(13-25)11-18(10-16)14-25)31-24(30-22)19-3-5-20(6-4-19)26(27,28)29/h2-8,16-18H,9-14H2,1H3. The van der Waals surface area contributed by atoms with Gasteiger partial charge in [0.1, 0.15) is 0 Å². The Labute approximate surface area is 179 Å². The molecule has 0 radical (unpaired) electrons. The molecule has 1 aromatic heterocycles. The van der Waals surface area contributed by atoms with E-state index >= 15 is 0 Å². The molecule has 4 aliphatic carbocycles. The summed E-state index contributed by atoms with van der Waals surface area (Å²) in [6, 6.07) is 11.5. The first-order valence-corrected chi connectivity index (χ1v) is 11.3. The number of hydrogen-bond acceptors (Lipinski definition) is 2. The van der Waals surface area contributed by atoms with E-state index in [0.29, 0.717) is 11.4 Å². The third kappa shape index (κ3) is 3.16. The fourth-order valence-corrected chi connectivity index (χ4v) is 6.98. The molecule has 4 aliphatic rings. The summed E-state index contributed by atoms with van der Waals surface area (Å²) in [4.78, 5) is 9.88. The Morgan fingerprint density at radius 2 is 1.45 bits per heavy atom. The molecule has 0 saturated heterocycles. The van der Waals surface area contributed by atoms with Gasteiger partial charge in [-0.05, 0) is 87.5 Å². The van der Waals surface area contributed by atoms with Gasteiger partial charge in [0, 0.05) is 16.4 Å². The Kier molecular flexibility index (Phi) is 4.06. The summed E-state index contributed by atoms with van der Waals surface area (Å²) >= 11 is 0. The summed E-state index contributed by atoms with van der Waals surface area (Å²) in [5, 5.41) is 1.12. The monoisotopic (exact) mass is 422 g/mol. The van der Waals surface area contributed by atoms with Gasteiger partial charge in [0.25, 0.3) is 0 Å². The predicted molar refractivity (Wildman–Crippen MR) is 115 cm³/mol. The fraction of sp³-hybridized carbons (Fsp3) is 0.462. The molecule has 5 heteroatoms. The average Bonchev–Trinajstić information content (AvgIpc) is 2.71. The van der Waals surface area contributed by atoms with Crippen LogP contribution in [0.2, 0.25) is 0 Å². The van der Waals surface area contributed by atoms with Crippen molar-refractivity contribution in [1.82, 2.24) is 9.97 Å². The first kappa shape index (κ1) is 19.3. The lowest BCUT2D eigenvalue weighted by molar-refractivity contribution is -0.137. The van der Waals surface area contributed by atoms with E-state index < -0.39 is 11.7 Å². The summed E-state index contributed by atoms with van der Waals surface area (Å²) in [6.07, 6.45) is 3.28. The third-order valence-corrected chi connectivity index (χ3v) is 7.86. The Bertz CT molecular complexity index is 1130. The van der Waals surface area contributed by atoms with Crippen molar-refractivity contribution in [1.29, 1.82) is 0 Å². The Morgan fingerprint density at radius 1 is 0.839 bits per heavy atom. The second-order valence-corrected chi connectivity index (χ2v) is 10.2. The number of halogens is 3. The van der Waals surface area contributed by atoms with Crippen LogP contribution in [0.25, 0.3) is 22.3 Å². The van der Waals surface area contributed by atoms with Gasteiger partial charge in [-0.1, -0.05) is 23.8 Å². The van der Waals surface area contributed by atoms with Crippen LogP contribution in [-0.4, -0.2) is 9.97 Å². The van der Waals surface area contributed by atoms with Gasteiger partial charge in [0.2, 0.25) is 0 Å². The molecule has 4 fully saturated rings. The molecule has 160 valence electrons. The largest absolute Gasteiger partial charge is 0.416 e. The lowest BCUT2D eigenvalue weighted by Crippen LogP contribution is -2.49. The number of benzene rings is 2. The first-order valence-electron chi connectivity index (χ1n) is 11.3. The third-order valence-electron chi connectivity index (χ3n) is 7.86. The van der Waals surface area contributed by atoms with Crippen LogP contribution in [-0.2, 0) is 11.6 Å². The van der Waals surface area contributed by atoms with Crippen molar-refractivity contribution in [2.75, 3.05) is 0 Å². The van der Waals surface area contributed by atoms with E-state index in [9.17, 15) is 13.2 Å². The van der Waals surface area contributed by atoms with E-state index in [1.807, 2.05) is 6.07 Å². The Morgan fingerprint density at radius 3 is 2.03 bits per heavy atom. The number of aryl methyl sites for hydroxylation is 1. The summed E-state index contributed by atoms with van der Waals surface area (Å²) < 4.78 is 39.1. The van der Waals surface area contributed by atoms with E-state index in [-0.39, 0.29) is 5.41 Å². The highest BCUT2D eigenvalue weighted by atomic mass is 19.4. The molecule has 4 bridgehead atoms. The van der Waals surface area contributed by atoms with Crippen LogP contribution in [0.4, 0.5) is 13.2 Å². The zero-order valence-electron chi connectivity index (χ0n) is 17.5. The van der Waals surface area contributed by atoms with Gasteiger partial charge in [-0.15, -0.1) is 0 Å². The van der Waals surface area contributed by atoms with Crippen molar-refractivity contribution in [3.05, 3.63) is 59.3 Å². The van der Waals surface area contributed by atoms with Crippen LogP contribution >= 0.6 is 0 Å². The summed E-state index contributed by atoms with van der Waals surface area (Å²) in [7, 11) is 0. The van der Waals surface area contributed by atoms with Crippen LogP contribution in [0.1, 0.15) is 55.3 Å². The van der Waals surface area contributed by atoms with Crippen molar-refractivity contribution < 1.29 is 13.2 Å². The molecule has 1 heterocycles. The van der Waals surface area contributed by atoms with Crippen molar-refractivity contribution in [2.45, 2.75) is 57.0 Å². The fourth-order valence-electron chi connectivity index (χ4n) is 6.98. The highest BCUT2D eigenvalue weighted by Crippen LogP contribution is 2.61. The highest BCUT2D eigenvalue weighted by Gasteiger charge is 2.53. The number of nitrogens with zero attached hydrogens (tertiary/aromatic N) is 2. The highest BCUT2D eigenvalue weighted by molar-refractivity contribution is 5.84. The second kappa shape index (κ2) is 6.54. The lowest BCUT2D eigenvalue weighted by atomic mass is 9.48. The minimum absolute atomic E-state index is 0.0877. The Hall–Kier alpha value is -2.43. The van der Waals surface area contributed by atoms with E-state index in [4.69, 9.17) is 9.97 Å². The van der Waals surface area contributed by atoms with Gasteiger partial charge in [0.15, 0.2) is 5.82 Å². The smallest absolute Gasteiger partial charge is 0.232 e. The van der Waals surface area contributed by atoms with E-state index in [1.54, 1.807) is 0 Å². The predicted octanol–water partition coefficient (Wildman–Crippen LogP) is 7.09. The minimum atomic E-state index is -4.34. The molecule has 0 unspecified atom stereocenters. The van der Waals surface area contributed by atoms with E-state index in [2.05, 4.69) is 19.1 Å². The molecule has 3 aromatic rings. The van der Waals surface area contributed by atoms with Gasteiger partial charge in [0.05, 0.1) is 16.8 Å². The number of aromatic nitrogens is 2. The van der Waals surface area contributed by atoms with Crippen LogP contribution in [0, 0.1) is 24.7 Å². The van der Waals surface area contributed by atoms with E-state index in [0.717, 1.165) is 46.5 Å². The first-order chi connectivity index (χ1) is 14.8. The molecule has 2 nitrogen and oxygen atoms in total. The van der Waals surface area contributed by atoms with Crippen LogP contribution in [0.15, 0.2) is 42.5 Å². The maximum atomic E-state index is 13.0. The molecule has 0 N–H and O–H groups in total. The maximum absolute atomic E-state index is 13.0. The van der Waals surface area contributed by atoms with Crippen LogP contribution < -0.4 is 0 Å². The van der Waals surface area contributed by atoms with Gasteiger partial charge in [-0.3, -0.25) is 0 Å². The molecule has 7 rings (SSSR count). The summed E-state index contributed by atoms with van der Waals surface area (Å²) in [6.45, 7) is 2.09. The average molecular weight is 422 g/mol.